The Hall–Kier alpha value is -1.22. The van der Waals surface area contributed by atoms with Crippen molar-refractivity contribution in [2.75, 3.05) is 18.2 Å². The van der Waals surface area contributed by atoms with E-state index >= 15 is 0 Å². The van der Waals surface area contributed by atoms with Gasteiger partial charge in [0.05, 0.1) is 17.5 Å². The van der Waals surface area contributed by atoms with Crippen LogP contribution in [0.4, 0.5) is 11.4 Å². The van der Waals surface area contributed by atoms with E-state index in [4.69, 9.17) is 10.5 Å². The summed E-state index contributed by atoms with van der Waals surface area (Å²) in [5.41, 5.74) is 8.20. The molecule has 1 fully saturated rings. The van der Waals surface area contributed by atoms with Crippen LogP contribution < -0.4 is 11.1 Å². The summed E-state index contributed by atoms with van der Waals surface area (Å²) >= 11 is 0. The molecule has 1 saturated carbocycles. The Bertz CT molecular complexity index is 450. The minimum absolute atomic E-state index is 0.151. The summed E-state index contributed by atoms with van der Waals surface area (Å²) in [4.78, 5) is 0. The standard InChI is InChI=1S/C17H28N2O/c1-16(2)10-12(11-17(3,4)15(16)20-5)19-14-9-7-6-8-13(14)18/h6-9,12,15,19H,10-11,18H2,1-5H3. The molecule has 0 saturated heterocycles. The molecule has 0 spiro atoms. The maximum absolute atomic E-state index is 6.04. The summed E-state index contributed by atoms with van der Waals surface area (Å²) in [6, 6.07) is 8.42. The molecule has 2 rings (SSSR count). The van der Waals surface area contributed by atoms with Crippen LogP contribution in [0.15, 0.2) is 24.3 Å². The number of ether oxygens (including phenoxy) is 1. The fourth-order valence-electron chi connectivity index (χ4n) is 4.20. The van der Waals surface area contributed by atoms with Crippen molar-refractivity contribution in [1.29, 1.82) is 0 Å². The number of hydrogen-bond acceptors (Lipinski definition) is 3. The third kappa shape index (κ3) is 2.93. The molecule has 0 aromatic heterocycles. The molecule has 0 amide bonds. The highest BCUT2D eigenvalue weighted by molar-refractivity contribution is 5.66. The van der Waals surface area contributed by atoms with E-state index in [0.717, 1.165) is 24.2 Å². The lowest BCUT2D eigenvalue weighted by Crippen LogP contribution is -2.52. The molecule has 0 aliphatic heterocycles. The van der Waals surface area contributed by atoms with Crippen molar-refractivity contribution in [2.24, 2.45) is 10.8 Å². The third-order valence-corrected chi connectivity index (χ3v) is 4.52. The topological polar surface area (TPSA) is 47.3 Å². The number of methoxy groups -OCH3 is 1. The fourth-order valence-corrected chi connectivity index (χ4v) is 4.20. The molecule has 3 heteroatoms. The Kier molecular flexibility index (Phi) is 4.01. The molecule has 1 aromatic rings. The number of nitrogen functional groups attached to an aromatic ring is 1. The lowest BCUT2D eigenvalue weighted by Gasteiger charge is -2.51. The predicted octanol–water partition coefficient (Wildman–Crippen LogP) is 3.91. The van der Waals surface area contributed by atoms with E-state index in [2.05, 4.69) is 39.1 Å². The van der Waals surface area contributed by atoms with Crippen LogP contribution in [0.25, 0.3) is 0 Å². The Morgan fingerprint density at radius 3 is 2.15 bits per heavy atom. The molecule has 1 aromatic carbocycles. The molecular formula is C17H28N2O. The van der Waals surface area contributed by atoms with Gasteiger partial charge in [0.2, 0.25) is 0 Å². The normalized spacial score (nSPS) is 28.1. The second-order valence-electron chi connectivity index (χ2n) is 7.43. The van der Waals surface area contributed by atoms with Gasteiger partial charge in [-0.25, -0.2) is 0 Å². The van der Waals surface area contributed by atoms with Gasteiger partial charge >= 0.3 is 0 Å². The van der Waals surface area contributed by atoms with E-state index in [9.17, 15) is 0 Å². The van der Waals surface area contributed by atoms with Crippen molar-refractivity contribution < 1.29 is 4.74 Å². The second-order valence-corrected chi connectivity index (χ2v) is 7.43. The summed E-state index contributed by atoms with van der Waals surface area (Å²) in [7, 11) is 1.83. The second kappa shape index (κ2) is 5.28. The maximum atomic E-state index is 6.04. The van der Waals surface area contributed by atoms with Crippen LogP contribution in [0.5, 0.6) is 0 Å². The number of para-hydroxylation sites is 2. The number of hydrogen-bond donors (Lipinski definition) is 2. The summed E-state index contributed by atoms with van der Waals surface area (Å²) in [5, 5.41) is 3.62. The van der Waals surface area contributed by atoms with Crippen molar-refractivity contribution in [1.82, 2.24) is 0 Å². The van der Waals surface area contributed by atoms with Gasteiger partial charge in [-0.3, -0.25) is 0 Å². The summed E-state index contributed by atoms with van der Waals surface area (Å²) in [6.07, 6.45) is 2.45. The SMILES string of the molecule is COC1C(C)(C)CC(Nc2ccccc2N)CC1(C)C. The van der Waals surface area contributed by atoms with Crippen molar-refractivity contribution in [2.45, 2.75) is 52.7 Å². The highest BCUT2D eigenvalue weighted by atomic mass is 16.5. The van der Waals surface area contributed by atoms with E-state index in [0.29, 0.717) is 6.04 Å². The molecule has 0 atom stereocenters. The highest BCUT2D eigenvalue weighted by Crippen LogP contribution is 2.48. The minimum Gasteiger partial charge on any atom is -0.397 e. The van der Waals surface area contributed by atoms with Gasteiger partial charge < -0.3 is 15.8 Å². The first-order valence-corrected chi connectivity index (χ1v) is 7.40. The Balaban J connectivity index is 2.18. The Labute approximate surface area is 122 Å². The monoisotopic (exact) mass is 276 g/mol. The molecule has 0 heterocycles. The molecule has 1 aliphatic rings. The summed E-state index contributed by atoms with van der Waals surface area (Å²) in [6.45, 7) is 9.19. The van der Waals surface area contributed by atoms with Crippen LogP contribution in [-0.4, -0.2) is 19.3 Å². The van der Waals surface area contributed by atoms with Crippen LogP contribution in [0.1, 0.15) is 40.5 Å². The molecule has 112 valence electrons. The summed E-state index contributed by atoms with van der Waals surface area (Å²) < 4.78 is 5.79. The van der Waals surface area contributed by atoms with Gasteiger partial charge in [-0.05, 0) is 35.8 Å². The average molecular weight is 276 g/mol. The number of anilines is 2. The third-order valence-electron chi connectivity index (χ3n) is 4.52. The van der Waals surface area contributed by atoms with E-state index in [1.165, 1.54) is 0 Å². The van der Waals surface area contributed by atoms with Gasteiger partial charge in [-0.1, -0.05) is 39.8 Å². The van der Waals surface area contributed by atoms with Crippen molar-refractivity contribution in [3.05, 3.63) is 24.3 Å². The van der Waals surface area contributed by atoms with E-state index in [1.54, 1.807) is 0 Å². The number of rotatable bonds is 3. The molecule has 20 heavy (non-hydrogen) atoms. The van der Waals surface area contributed by atoms with E-state index in [-0.39, 0.29) is 16.9 Å². The fraction of sp³-hybridized carbons (Fsp3) is 0.647. The number of nitrogens with two attached hydrogens (primary N) is 1. The molecule has 3 nitrogen and oxygen atoms in total. The van der Waals surface area contributed by atoms with Crippen LogP contribution >= 0.6 is 0 Å². The largest absolute Gasteiger partial charge is 0.397 e. The Morgan fingerprint density at radius 1 is 1.10 bits per heavy atom. The molecular weight excluding hydrogens is 248 g/mol. The van der Waals surface area contributed by atoms with Gasteiger partial charge in [0.1, 0.15) is 0 Å². The first-order valence-electron chi connectivity index (χ1n) is 7.40. The first kappa shape index (κ1) is 15.2. The van der Waals surface area contributed by atoms with Crippen LogP contribution in [0, 0.1) is 10.8 Å². The van der Waals surface area contributed by atoms with Gasteiger partial charge in [0.25, 0.3) is 0 Å². The average Bonchev–Trinajstić information content (AvgIpc) is 2.29. The zero-order valence-electron chi connectivity index (χ0n) is 13.4. The number of nitrogens with one attached hydrogen (secondary N) is 1. The van der Waals surface area contributed by atoms with Crippen LogP contribution in [0.3, 0.4) is 0 Å². The van der Waals surface area contributed by atoms with Crippen molar-refractivity contribution in [3.63, 3.8) is 0 Å². The van der Waals surface area contributed by atoms with Gasteiger partial charge in [0, 0.05) is 13.2 Å². The van der Waals surface area contributed by atoms with Gasteiger partial charge in [-0.15, -0.1) is 0 Å². The minimum atomic E-state index is 0.151. The quantitative estimate of drug-likeness (QED) is 0.823. The summed E-state index contributed by atoms with van der Waals surface area (Å²) in [5.74, 6) is 0. The smallest absolute Gasteiger partial charge is 0.0674 e. The molecule has 1 aliphatic carbocycles. The van der Waals surface area contributed by atoms with Crippen molar-refractivity contribution in [3.8, 4) is 0 Å². The first-order chi connectivity index (χ1) is 9.26. The van der Waals surface area contributed by atoms with Crippen molar-refractivity contribution >= 4 is 11.4 Å². The van der Waals surface area contributed by atoms with E-state index < -0.39 is 0 Å². The van der Waals surface area contributed by atoms with Crippen LogP contribution in [0.2, 0.25) is 0 Å². The zero-order valence-corrected chi connectivity index (χ0v) is 13.4. The predicted molar refractivity (Wildman–Crippen MR) is 85.9 cm³/mol. The maximum Gasteiger partial charge on any atom is 0.0674 e. The van der Waals surface area contributed by atoms with Crippen LogP contribution in [-0.2, 0) is 4.74 Å². The lowest BCUT2D eigenvalue weighted by atomic mass is 9.61. The van der Waals surface area contributed by atoms with Gasteiger partial charge in [-0.2, -0.15) is 0 Å². The molecule has 0 radical (unpaired) electrons. The zero-order chi connectivity index (χ0) is 15.0. The van der Waals surface area contributed by atoms with Gasteiger partial charge in [0.15, 0.2) is 0 Å². The van der Waals surface area contributed by atoms with E-state index in [1.807, 2.05) is 25.3 Å². The number of benzene rings is 1. The lowest BCUT2D eigenvalue weighted by molar-refractivity contribution is -0.103. The molecule has 0 unspecified atom stereocenters. The molecule has 0 bridgehead atoms. The molecule has 3 N–H and O–H groups in total. The Morgan fingerprint density at radius 2 is 1.65 bits per heavy atom. The highest BCUT2D eigenvalue weighted by Gasteiger charge is 2.47.